The average molecular weight is 339 g/mol. The van der Waals surface area contributed by atoms with Crippen LogP contribution in [0.3, 0.4) is 0 Å². The lowest BCUT2D eigenvalue weighted by Crippen LogP contribution is -2.28. The summed E-state index contributed by atoms with van der Waals surface area (Å²) in [6.07, 6.45) is 3.65. The fourth-order valence-electron chi connectivity index (χ4n) is 1.89. The third-order valence-corrected chi connectivity index (χ3v) is 4.56. The summed E-state index contributed by atoms with van der Waals surface area (Å²) < 4.78 is 27.4. The fraction of sp³-hybridized carbons (Fsp3) is 0.438. The molecule has 0 spiro atoms. The van der Waals surface area contributed by atoms with Crippen molar-refractivity contribution in [2.45, 2.75) is 11.3 Å². The van der Waals surface area contributed by atoms with Crippen LogP contribution in [-0.2, 0) is 10.0 Å². The Morgan fingerprint density at radius 2 is 1.83 bits per heavy atom. The van der Waals surface area contributed by atoms with Crippen LogP contribution in [0.2, 0.25) is 0 Å². The van der Waals surface area contributed by atoms with E-state index in [9.17, 15) is 13.2 Å². The molecule has 0 saturated carbocycles. The minimum absolute atomic E-state index is 0.0123. The molecular formula is C16H25N3O3S. The van der Waals surface area contributed by atoms with Gasteiger partial charge in [-0.1, -0.05) is 12.1 Å². The van der Waals surface area contributed by atoms with E-state index in [1.54, 1.807) is 37.3 Å². The highest BCUT2D eigenvalue weighted by atomic mass is 32.2. The maximum atomic E-state index is 12.4. The zero-order valence-corrected chi connectivity index (χ0v) is 14.9. The van der Waals surface area contributed by atoms with Crippen LogP contribution in [0.5, 0.6) is 0 Å². The molecule has 1 N–H and O–H groups in total. The predicted octanol–water partition coefficient (Wildman–Crippen LogP) is 1.17. The Morgan fingerprint density at radius 1 is 1.17 bits per heavy atom. The van der Waals surface area contributed by atoms with Crippen molar-refractivity contribution in [1.29, 1.82) is 0 Å². The van der Waals surface area contributed by atoms with Gasteiger partial charge in [0, 0.05) is 38.5 Å². The number of carbonyl (C=O) groups is 1. The van der Waals surface area contributed by atoms with Gasteiger partial charge in [-0.15, -0.1) is 0 Å². The van der Waals surface area contributed by atoms with Crippen LogP contribution >= 0.6 is 0 Å². The van der Waals surface area contributed by atoms with E-state index in [1.165, 1.54) is 18.2 Å². The van der Waals surface area contributed by atoms with Gasteiger partial charge in [0.25, 0.3) is 0 Å². The molecule has 23 heavy (non-hydrogen) atoms. The van der Waals surface area contributed by atoms with Crippen molar-refractivity contribution in [3.05, 3.63) is 42.1 Å². The van der Waals surface area contributed by atoms with Crippen LogP contribution in [-0.4, -0.2) is 65.3 Å². The third-order valence-electron chi connectivity index (χ3n) is 3.04. The van der Waals surface area contributed by atoms with E-state index in [-0.39, 0.29) is 16.2 Å². The Hall–Kier alpha value is -1.70. The van der Waals surface area contributed by atoms with E-state index in [1.807, 2.05) is 19.0 Å². The van der Waals surface area contributed by atoms with Crippen LogP contribution in [0, 0.1) is 0 Å². The van der Waals surface area contributed by atoms with Gasteiger partial charge >= 0.3 is 0 Å². The molecule has 0 aliphatic carbocycles. The van der Waals surface area contributed by atoms with Crippen molar-refractivity contribution in [3.8, 4) is 0 Å². The molecule has 0 aromatic heterocycles. The number of hydrogen-bond acceptors (Lipinski definition) is 5. The number of benzene rings is 1. The summed E-state index contributed by atoms with van der Waals surface area (Å²) in [7, 11) is 3.73. The van der Waals surface area contributed by atoms with E-state index < -0.39 is 10.0 Å². The predicted molar refractivity (Wildman–Crippen MR) is 92.0 cm³/mol. The summed E-state index contributed by atoms with van der Waals surface area (Å²) >= 11 is 0. The standard InChI is InChI=1S/C16H25N3O3S/c1-18(2)12-7-11-17-23(21,22)16-9-6-5-8-14(16)15(20)10-13-19(3)4/h5-6,8-10,13,17H,7,11-12H2,1-4H3. The van der Waals surface area contributed by atoms with Crippen molar-refractivity contribution in [3.63, 3.8) is 0 Å². The van der Waals surface area contributed by atoms with Gasteiger partial charge < -0.3 is 9.80 Å². The summed E-state index contributed by atoms with van der Waals surface area (Å²) in [5.74, 6) is -0.340. The molecule has 7 heteroatoms. The number of ketones is 1. The number of nitrogens with zero attached hydrogens (tertiary/aromatic N) is 2. The second-order valence-corrected chi connectivity index (χ2v) is 7.43. The minimum atomic E-state index is -3.71. The molecular weight excluding hydrogens is 314 g/mol. The van der Waals surface area contributed by atoms with E-state index >= 15 is 0 Å². The Kier molecular flexibility index (Phi) is 7.41. The monoisotopic (exact) mass is 339 g/mol. The molecule has 0 radical (unpaired) electrons. The molecule has 1 aromatic carbocycles. The number of allylic oxidation sites excluding steroid dienone is 1. The molecule has 0 unspecified atom stereocenters. The first-order chi connectivity index (χ1) is 10.7. The molecule has 0 heterocycles. The average Bonchev–Trinajstić information content (AvgIpc) is 2.49. The largest absolute Gasteiger partial charge is 0.383 e. The number of sulfonamides is 1. The van der Waals surface area contributed by atoms with E-state index in [0.717, 1.165) is 6.54 Å². The molecule has 0 saturated heterocycles. The summed E-state index contributed by atoms with van der Waals surface area (Å²) in [6, 6.07) is 6.24. The first kappa shape index (κ1) is 19.3. The van der Waals surface area contributed by atoms with Gasteiger partial charge in [0.15, 0.2) is 5.78 Å². The van der Waals surface area contributed by atoms with E-state index in [2.05, 4.69) is 4.72 Å². The van der Waals surface area contributed by atoms with Crippen molar-refractivity contribution in [2.24, 2.45) is 0 Å². The Labute approximate surface area is 138 Å². The first-order valence-electron chi connectivity index (χ1n) is 7.36. The number of carbonyl (C=O) groups excluding carboxylic acids is 1. The van der Waals surface area contributed by atoms with E-state index in [0.29, 0.717) is 13.0 Å². The zero-order valence-electron chi connectivity index (χ0n) is 14.1. The van der Waals surface area contributed by atoms with Crippen molar-refractivity contribution in [1.82, 2.24) is 14.5 Å². The van der Waals surface area contributed by atoms with Crippen LogP contribution in [0.15, 0.2) is 41.4 Å². The van der Waals surface area contributed by atoms with Crippen molar-refractivity contribution in [2.75, 3.05) is 41.3 Å². The summed E-state index contributed by atoms with van der Waals surface area (Å²) in [4.78, 5) is 15.9. The molecule has 0 aliphatic heterocycles. The quantitative estimate of drug-likeness (QED) is 0.416. The summed E-state index contributed by atoms with van der Waals surface area (Å²) in [5.41, 5.74) is 0.172. The molecule has 0 bridgehead atoms. The smallest absolute Gasteiger partial charge is 0.241 e. The molecule has 0 amide bonds. The van der Waals surface area contributed by atoms with Crippen LogP contribution < -0.4 is 4.72 Å². The second kappa shape index (κ2) is 8.81. The molecule has 6 nitrogen and oxygen atoms in total. The Bertz CT molecular complexity index is 652. The highest BCUT2D eigenvalue weighted by Crippen LogP contribution is 2.16. The van der Waals surface area contributed by atoms with Gasteiger partial charge in [-0.25, -0.2) is 13.1 Å². The summed E-state index contributed by atoms with van der Waals surface area (Å²) in [5, 5.41) is 0. The van der Waals surface area contributed by atoms with Gasteiger partial charge in [-0.2, -0.15) is 0 Å². The third kappa shape index (κ3) is 6.52. The Morgan fingerprint density at radius 3 is 2.43 bits per heavy atom. The molecule has 1 rings (SSSR count). The van der Waals surface area contributed by atoms with Crippen LogP contribution in [0.4, 0.5) is 0 Å². The molecule has 1 aromatic rings. The van der Waals surface area contributed by atoms with E-state index in [4.69, 9.17) is 0 Å². The normalized spacial score (nSPS) is 12.0. The van der Waals surface area contributed by atoms with Crippen LogP contribution in [0.1, 0.15) is 16.8 Å². The molecule has 0 fully saturated rings. The second-order valence-electron chi connectivity index (χ2n) is 5.69. The topological polar surface area (TPSA) is 69.7 Å². The highest BCUT2D eigenvalue weighted by molar-refractivity contribution is 7.89. The summed E-state index contributed by atoms with van der Waals surface area (Å²) in [6.45, 7) is 1.12. The van der Waals surface area contributed by atoms with Gasteiger partial charge in [0.05, 0.1) is 4.90 Å². The Balaban J connectivity index is 2.92. The van der Waals surface area contributed by atoms with Gasteiger partial charge in [0.1, 0.15) is 0 Å². The lowest BCUT2D eigenvalue weighted by Gasteiger charge is -2.12. The lowest BCUT2D eigenvalue weighted by molar-refractivity contribution is 0.104. The maximum absolute atomic E-state index is 12.4. The molecule has 0 atom stereocenters. The van der Waals surface area contributed by atoms with Crippen molar-refractivity contribution < 1.29 is 13.2 Å². The molecule has 0 aliphatic rings. The SMILES string of the molecule is CN(C)C=CC(=O)c1ccccc1S(=O)(=O)NCCCN(C)C. The fourth-order valence-corrected chi connectivity index (χ4v) is 3.18. The highest BCUT2D eigenvalue weighted by Gasteiger charge is 2.20. The first-order valence-corrected chi connectivity index (χ1v) is 8.85. The number of rotatable bonds is 9. The lowest BCUT2D eigenvalue weighted by atomic mass is 10.1. The minimum Gasteiger partial charge on any atom is -0.383 e. The van der Waals surface area contributed by atoms with Crippen molar-refractivity contribution >= 4 is 15.8 Å². The van der Waals surface area contributed by atoms with Gasteiger partial charge in [-0.05, 0) is 39.2 Å². The zero-order chi connectivity index (χ0) is 17.5. The molecule has 128 valence electrons. The van der Waals surface area contributed by atoms with Crippen LogP contribution in [0.25, 0.3) is 0 Å². The number of hydrogen-bond donors (Lipinski definition) is 1. The number of nitrogens with one attached hydrogen (secondary N) is 1. The van der Waals surface area contributed by atoms with Gasteiger partial charge in [-0.3, -0.25) is 4.79 Å². The van der Waals surface area contributed by atoms with Gasteiger partial charge in [0.2, 0.25) is 10.0 Å². The maximum Gasteiger partial charge on any atom is 0.241 e.